The number of aromatic amines is 1. The number of nitrogens with zero attached hydrogens (tertiary/aromatic N) is 4. The van der Waals surface area contributed by atoms with Gasteiger partial charge in [-0.3, -0.25) is 5.10 Å². The fourth-order valence-corrected chi connectivity index (χ4v) is 2.92. The number of H-pyrrole nitrogens is 1. The maximum atomic E-state index is 5.40. The van der Waals surface area contributed by atoms with Gasteiger partial charge in [-0.1, -0.05) is 12.1 Å². The number of benzene rings is 1. The monoisotopic (exact) mass is 313 g/mol. The van der Waals surface area contributed by atoms with Crippen LogP contribution in [0.2, 0.25) is 0 Å². The number of ether oxygens (including phenoxy) is 1. The third-order valence-electron chi connectivity index (χ3n) is 3.79. The van der Waals surface area contributed by atoms with Gasteiger partial charge >= 0.3 is 0 Å². The van der Waals surface area contributed by atoms with Gasteiger partial charge in [-0.15, -0.1) is 12.6 Å². The van der Waals surface area contributed by atoms with Crippen LogP contribution in [0, 0.1) is 0 Å². The minimum atomic E-state index is 0.686. The third kappa shape index (κ3) is 2.32. The summed E-state index contributed by atoms with van der Waals surface area (Å²) in [6.45, 7) is 3.06. The van der Waals surface area contributed by atoms with Crippen molar-refractivity contribution in [2.24, 2.45) is 0 Å². The van der Waals surface area contributed by atoms with E-state index in [9.17, 15) is 0 Å². The van der Waals surface area contributed by atoms with E-state index >= 15 is 0 Å². The van der Waals surface area contributed by atoms with Gasteiger partial charge in [0.25, 0.3) is 0 Å². The van der Waals surface area contributed by atoms with Gasteiger partial charge in [-0.2, -0.15) is 5.10 Å². The van der Waals surface area contributed by atoms with Gasteiger partial charge in [-0.25, -0.2) is 9.97 Å². The maximum Gasteiger partial charge on any atom is 0.162 e. The second kappa shape index (κ2) is 5.58. The summed E-state index contributed by atoms with van der Waals surface area (Å²) in [6.07, 6.45) is 3.56. The highest BCUT2D eigenvalue weighted by molar-refractivity contribution is 7.80. The van der Waals surface area contributed by atoms with E-state index in [1.807, 2.05) is 18.2 Å². The number of rotatable bonds is 2. The molecule has 1 aromatic carbocycles. The minimum absolute atomic E-state index is 0.686. The highest BCUT2D eigenvalue weighted by atomic mass is 32.1. The largest absolute Gasteiger partial charge is 0.378 e. The van der Waals surface area contributed by atoms with E-state index in [0.717, 1.165) is 40.3 Å². The highest BCUT2D eigenvalue weighted by Crippen LogP contribution is 2.29. The smallest absolute Gasteiger partial charge is 0.162 e. The number of hydrogen-bond donors (Lipinski definition) is 2. The molecule has 2 aromatic heterocycles. The Labute approximate surface area is 132 Å². The van der Waals surface area contributed by atoms with Crippen molar-refractivity contribution in [2.45, 2.75) is 4.90 Å². The molecule has 1 N–H and O–H groups in total. The topological polar surface area (TPSA) is 66.9 Å². The van der Waals surface area contributed by atoms with Gasteiger partial charge in [0.05, 0.1) is 29.8 Å². The fourth-order valence-electron chi connectivity index (χ4n) is 2.67. The first-order chi connectivity index (χ1) is 10.8. The molecule has 1 fully saturated rings. The molecule has 3 heterocycles. The standard InChI is InChI=1S/C15H15N5OS/c22-13-9-16-14(18-15(13)20-4-6-21-7-5-20)10-2-1-3-12-11(10)8-17-19-12/h1-3,8-9,22H,4-7H2,(H,17,19). The second-order valence-corrected chi connectivity index (χ2v) is 5.62. The number of anilines is 1. The average Bonchev–Trinajstić information content (AvgIpc) is 3.05. The Hall–Kier alpha value is -2.12. The molecule has 112 valence electrons. The summed E-state index contributed by atoms with van der Waals surface area (Å²) >= 11 is 4.50. The number of morpholine rings is 1. The highest BCUT2D eigenvalue weighted by Gasteiger charge is 2.17. The second-order valence-electron chi connectivity index (χ2n) is 5.14. The average molecular weight is 313 g/mol. The lowest BCUT2D eigenvalue weighted by molar-refractivity contribution is 0.122. The van der Waals surface area contributed by atoms with E-state index < -0.39 is 0 Å². The Kier molecular flexibility index (Phi) is 3.44. The number of fused-ring (bicyclic) bond motifs is 1. The van der Waals surface area contributed by atoms with Crippen LogP contribution >= 0.6 is 12.6 Å². The zero-order chi connectivity index (χ0) is 14.9. The third-order valence-corrected chi connectivity index (χ3v) is 4.10. The molecule has 0 aliphatic carbocycles. The molecule has 0 unspecified atom stereocenters. The SMILES string of the molecule is Sc1cnc(-c2cccc3[nH]ncc23)nc1N1CCOCC1. The first kappa shape index (κ1) is 13.5. The van der Waals surface area contributed by atoms with Crippen molar-refractivity contribution in [2.75, 3.05) is 31.2 Å². The Morgan fingerprint density at radius 1 is 1.18 bits per heavy atom. The Morgan fingerprint density at radius 3 is 2.91 bits per heavy atom. The van der Waals surface area contributed by atoms with E-state index in [0.29, 0.717) is 19.0 Å². The lowest BCUT2D eigenvalue weighted by Crippen LogP contribution is -2.37. The summed E-state index contributed by atoms with van der Waals surface area (Å²) in [4.78, 5) is 12.2. The van der Waals surface area contributed by atoms with Gasteiger partial charge < -0.3 is 9.64 Å². The quantitative estimate of drug-likeness (QED) is 0.710. The summed E-state index contributed by atoms with van der Waals surface area (Å²) in [5, 5.41) is 8.08. The van der Waals surface area contributed by atoms with Gasteiger partial charge in [-0.05, 0) is 6.07 Å². The number of hydrogen-bond acceptors (Lipinski definition) is 6. The molecule has 0 radical (unpaired) electrons. The van der Waals surface area contributed by atoms with Crippen molar-refractivity contribution >= 4 is 29.3 Å². The van der Waals surface area contributed by atoms with Crippen molar-refractivity contribution in [1.29, 1.82) is 0 Å². The molecule has 1 saturated heterocycles. The van der Waals surface area contributed by atoms with Crippen LogP contribution in [0.5, 0.6) is 0 Å². The van der Waals surface area contributed by atoms with Crippen molar-refractivity contribution < 1.29 is 4.74 Å². The van der Waals surface area contributed by atoms with Gasteiger partial charge in [0.2, 0.25) is 0 Å². The van der Waals surface area contributed by atoms with Crippen molar-refractivity contribution in [1.82, 2.24) is 20.2 Å². The van der Waals surface area contributed by atoms with E-state index in [2.05, 4.69) is 32.7 Å². The molecule has 0 spiro atoms. The van der Waals surface area contributed by atoms with Crippen LogP contribution < -0.4 is 4.90 Å². The molecular formula is C15H15N5OS. The summed E-state index contributed by atoms with van der Waals surface area (Å²) in [5.74, 6) is 1.54. The summed E-state index contributed by atoms with van der Waals surface area (Å²) in [5.41, 5.74) is 1.94. The van der Waals surface area contributed by atoms with E-state index in [-0.39, 0.29) is 0 Å². The molecule has 1 aliphatic heterocycles. The predicted molar refractivity (Wildman–Crippen MR) is 87.4 cm³/mol. The molecule has 7 heteroatoms. The first-order valence-corrected chi connectivity index (χ1v) is 7.59. The molecule has 0 bridgehead atoms. The van der Waals surface area contributed by atoms with Gasteiger partial charge in [0.15, 0.2) is 5.82 Å². The van der Waals surface area contributed by atoms with Crippen LogP contribution in [0.15, 0.2) is 35.5 Å². The molecule has 6 nitrogen and oxygen atoms in total. The van der Waals surface area contributed by atoms with Crippen LogP contribution in [-0.4, -0.2) is 46.5 Å². The fraction of sp³-hybridized carbons (Fsp3) is 0.267. The predicted octanol–water partition coefficient (Wildman–Crippen LogP) is 2.15. The molecule has 0 saturated carbocycles. The Morgan fingerprint density at radius 2 is 2.05 bits per heavy atom. The van der Waals surface area contributed by atoms with E-state index in [1.165, 1.54) is 0 Å². The molecule has 22 heavy (non-hydrogen) atoms. The van der Waals surface area contributed by atoms with Crippen molar-refractivity contribution in [3.05, 3.63) is 30.6 Å². The van der Waals surface area contributed by atoms with Gasteiger partial charge in [0, 0.05) is 30.2 Å². The molecular weight excluding hydrogens is 298 g/mol. The van der Waals surface area contributed by atoms with Crippen LogP contribution in [0.4, 0.5) is 5.82 Å². The molecule has 0 amide bonds. The number of aromatic nitrogens is 4. The zero-order valence-electron chi connectivity index (χ0n) is 11.9. The molecule has 4 rings (SSSR count). The van der Waals surface area contributed by atoms with Gasteiger partial charge in [0.1, 0.15) is 5.82 Å². The molecule has 3 aromatic rings. The van der Waals surface area contributed by atoms with Crippen LogP contribution in [0.1, 0.15) is 0 Å². The number of thiol groups is 1. The summed E-state index contributed by atoms with van der Waals surface area (Å²) in [6, 6.07) is 5.97. The Bertz CT molecular complexity index is 813. The summed E-state index contributed by atoms with van der Waals surface area (Å²) < 4.78 is 5.40. The van der Waals surface area contributed by atoms with Crippen LogP contribution in [0.25, 0.3) is 22.3 Å². The van der Waals surface area contributed by atoms with E-state index in [4.69, 9.17) is 9.72 Å². The van der Waals surface area contributed by atoms with Crippen molar-refractivity contribution in [3.8, 4) is 11.4 Å². The normalized spacial score (nSPS) is 15.4. The van der Waals surface area contributed by atoms with Crippen LogP contribution in [0.3, 0.4) is 0 Å². The van der Waals surface area contributed by atoms with Crippen LogP contribution in [-0.2, 0) is 4.74 Å². The van der Waals surface area contributed by atoms with Crippen molar-refractivity contribution in [3.63, 3.8) is 0 Å². The minimum Gasteiger partial charge on any atom is -0.378 e. The maximum absolute atomic E-state index is 5.40. The Balaban J connectivity index is 1.81. The lowest BCUT2D eigenvalue weighted by atomic mass is 10.1. The molecule has 0 atom stereocenters. The number of nitrogens with one attached hydrogen (secondary N) is 1. The first-order valence-electron chi connectivity index (χ1n) is 7.14. The molecule has 1 aliphatic rings. The summed E-state index contributed by atoms with van der Waals surface area (Å²) in [7, 11) is 0. The lowest BCUT2D eigenvalue weighted by Gasteiger charge is -2.28. The van der Waals surface area contributed by atoms with E-state index in [1.54, 1.807) is 12.4 Å². The zero-order valence-corrected chi connectivity index (χ0v) is 12.8.